The first-order valence-corrected chi connectivity index (χ1v) is 12.2. The van der Waals surface area contributed by atoms with Crippen LogP contribution in [0.15, 0.2) is 83.8 Å². The molecule has 1 aliphatic rings. The summed E-state index contributed by atoms with van der Waals surface area (Å²) in [5.41, 5.74) is 2.62. The van der Waals surface area contributed by atoms with Gasteiger partial charge in [0.15, 0.2) is 18.1 Å². The average Bonchev–Trinajstić information content (AvgIpc) is 3.14. The highest BCUT2D eigenvalue weighted by molar-refractivity contribution is 8.26. The Morgan fingerprint density at radius 1 is 1.03 bits per heavy atom. The van der Waals surface area contributed by atoms with E-state index < -0.39 is 0 Å². The van der Waals surface area contributed by atoms with Gasteiger partial charge in [0.1, 0.15) is 4.32 Å². The Kier molecular flexibility index (Phi) is 8.18. The maximum absolute atomic E-state index is 12.9. The molecule has 0 aromatic heterocycles. The number of nitrogens with zero attached hydrogens (tertiary/aromatic N) is 1. The molecule has 1 heterocycles. The number of rotatable bonds is 9. The Balaban J connectivity index is 1.39. The molecule has 35 heavy (non-hydrogen) atoms. The van der Waals surface area contributed by atoms with Crippen molar-refractivity contribution in [2.75, 3.05) is 25.6 Å². The first-order chi connectivity index (χ1) is 17.0. The summed E-state index contributed by atoms with van der Waals surface area (Å²) in [6, 6.07) is 24.5. The molecule has 1 saturated heterocycles. The number of nitrogens with one attached hydrogen (secondary N) is 1. The number of thiocarbonyl (C=S) groups is 1. The van der Waals surface area contributed by atoms with E-state index in [2.05, 4.69) is 5.32 Å². The highest BCUT2D eigenvalue weighted by Crippen LogP contribution is 2.35. The average molecular weight is 505 g/mol. The van der Waals surface area contributed by atoms with Crippen LogP contribution < -0.4 is 14.8 Å². The molecule has 0 spiro atoms. The number of thioether (sulfide) groups is 1. The van der Waals surface area contributed by atoms with Crippen molar-refractivity contribution in [2.45, 2.75) is 6.42 Å². The molecular weight excluding hydrogens is 480 g/mol. The molecule has 1 N–H and O–H groups in total. The fraction of sp³-hybridized carbons (Fsp3) is 0.148. The lowest BCUT2D eigenvalue weighted by molar-refractivity contribution is -0.122. The third-order valence-electron chi connectivity index (χ3n) is 5.24. The number of carbonyl (C=O) groups excluding carboxylic acids is 2. The SMILES string of the molecule is COc1cc(/C=C2/SC(=S)N(CCc3ccccc3)C2=O)ccc1OCC(=O)Nc1ccccc1. The van der Waals surface area contributed by atoms with E-state index >= 15 is 0 Å². The second kappa shape index (κ2) is 11.7. The van der Waals surface area contributed by atoms with Gasteiger partial charge in [-0.05, 0) is 47.9 Å². The first-order valence-electron chi connectivity index (χ1n) is 11.0. The minimum atomic E-state index is -0.276. The van der Waals surface area contributed by atoms with Crippen molar-refractivity contribution in [3.05, 3.63) is 94.9 Å². The molecule has 6 nitrogen and oxygen atoms in total. The summed E-state index contributed by atoms with van der Waals surface area (Å²) < 4.78 is 11.7. The van der Waals surface area contributed by atoms with Crippen molar-refractivity contribution in [3.8, 4) is 11.5 Å². The van der Waals surface area contributed by atoms with Crippen LogP contribution in [0, 0.1) is 0 Å². The van der Waals surface area contributed by atoms with E-state index in [0.29, 0.717) is 33.0 Å². The van der Waals surface area contributed by atoms with Gasteiger partial charge >= 0.3 is 0 Å². The Bertz CT molecular complexity index is 1250. The summed E-state index contributed by atoms with van der Waals surface area (Å²) in [6.07, 6.45) is 2.52. The van der Waals surface area contributed by atoms with Gasteiger partial charge in [-0.1, -0.05) is 78.6 Å². The monoisotopic (exact) mass is 504 g/mol. The second-order valence-corrected chi connectivity index (χ2v) is 9.36. The van der Waals surface area contributed by atoms with E-state index in [-0.39, 0.29) is 18.4 Å². The normalized spacial score (nSPS) is 14.3. The van der Waals surface area contributed by atoms with Gasteiger partial charge in [0.25, 0.3) is 11.8 Å². The quantitative estimate of drug-likeness (QED) is 0.321. The second-order valence-electron chi connectivity index (χ2n) is 7.68. The molecule has 0 atom stereocenters. The van der Waals surface area contributed by atoms with Crippen LogP contribution in [0.2, 0.25) is 0 Å². The number of hydrogen-bond donors (Lipinski definition) is 1. The molecule has 2 amide bonds. The van der Waals surface area contributed by atoms with Gasteiger partial charge < -0.3 is 14.8 Å². The number of benzene rings is 3. The fourth-order valence-corrected chi connectivity index (χ4v) is 4.79. The predicted octanol–water partition coefficient (Wildman–Crippen LogP) is 5.16. The smallest absolute Gasteiger partial charge is 0.266 e. The topological polar surface area (TPSA) is 67.9 Å². The van der Waals surface area contributed by atoms with Crippen LogP contribution in [-0.4, -0.2) is 41.3 Å². The van der Waals surface area contributed by atoms with Gasteiger partial charge in [0, 0.05) is 12.2 Å². The lowest BCUT2D eigenvalue weighted by atomic mass is 10.1. The molecular formula is C27H24N2O4S2. The number of ether oxygens (including phenoxy) is 2. The summed E-state index contributed by atoms with van der Waals surface area (Å²) in [6.45, 7) is 0.373. The minimum Gasteiger partial charge on any atom is -0.493 e. The van der Waals surface area contributed by atoms with Crippen LogP contribution in [0.5, 0.6) is 11.5 Å². The molecule has 0 aliphatic carbocycles. The molecule has 3 aromatic carbocycles. The molecule has 0 saturated carbocycles. The molecule has 0 bridgehead atoms. The van der Waals surface area contributed by atoms with Crippen molar-refractivity contribution < 1.29 is 19.1 Å². The summed E-state index contributed by atoms with van der Waals surface area (Å²) in [7, 11) is 1.53. The summed E-state index contributed by atoms with van der Waals surface area (Å²) in [5.74, 6) is 0.517. The van der Waals surface area contributed by atoms with Crippen LogP contribution in [0.1, 0.15) is 11.1 Å². The molecule has 4 rings (SSSR count). The molecule has 3 aromatic rings. The molecule has 8 heteroatoms. The lowest BCUT2D eigenvalue weighted by Crippen LogP contribution is -2.30. The minimum absolute atomic E-state index is 0.104. The van der Waals surface area contributed by atoms with Gasteiger partial charge in [-0.2, -0.15) is 0 Å². The number of anilines is 1. The maximum Gasteiger partial charge on any atom is 0.266 e. The predicted molar refractivity (Wildman–Crippen MR) is 144 cm³/mol. The summed E-state index contributed by atoms with van der Waals surface area (Å²) >= 11 is 6.73. The number of para-hydroxylation sites is 1. The van der Waals surface area contributed by atoms with Gasteiger partial charge in [-0.25, -0.2) is 0 Å². The van der Waals surface area contributed by atoms with Crippen molar-refractivity contribution in [1.29, 1.82) is 0 Å². The number of amides is 2. The summed E-state index contributed by atoms with van der Waals surface area (Å²) in [4.78, 5) is 27.3. The Morgan fingerprint density at radius 3 is 2.46 bits per heavy atom. The molecule has 1 fully saturated rings. The van der Waals surface area contributed by atoms with Crippen molar-refractivity contribution in [2.24, 2.45) is 0 Å². The van der Waals surface area contributed by atoms with Crippen molar-refractivity contribution >= 4 is 51.9 Å². The zero-order valence-corrected chi connectivity index (χ0v) is 20.7. The van der Waals surface area contributed by atoms with E-state index in [0.717, 1.165) is 17.5 Å². The van der Waals surface area contributed by atoms with Gasteiger partial charge in [0.2, 0.25) is 0 Å². The molecule has 178 valence electrons. The molecule has 0 unspecified atom stereocenters. The summed E-state index contributed by atoms with van der Waals surface area (Å²) in [5, 5.41) is 2.77. The highest BCUT2D eigenvalue weighted by atomic mass is 32.2. The fourth-order valence-electron chi connectivity index (χ4n) is 3.48. The zero-order chi connectivity index (χ0) is 24.6. The van der Waals surface area contributed by atoms with Crippen molar-refractivity contribution in [1.82, 2.24) is 4.90 Å². The largest absolute Gasteiger partial charge is 0.493 e. The van der Waals surface area contributed by atoms with E-state index in [1.54, 1.807) is 35.2 Å². The number of carbonyl (C=O) groups is 2. The van der Waals surface area contributed by atoms with E-state index in [1.807, 2.05) is 54.6 Å². The van der Waals surface area contributed by atoms with E-state index in [1.165, 1.54) is 18.9 Å². The van der Waals surface area contributed by atoms with Gasteiger partial charge in [-0.15, -0.1) is 0 Å². The van der Waals surface area contributed by atoms with Crippen LogP contribution in [-0.2, 0) is 16.0 Å². The number of methoxy groups -OCH3 is 1. The van der Waals surface area contributed by atoms with E-state index in [9.17, 15) is 9.59 Å². The maximum atomic E-state index is 12.9. The first kappa shape index (κ1) is 24.5. The Morgan fingerprint density at radius 2 is 1.74 bits per heavy atom. The number of hydrogen-bond acceptors (Lipinski definition) is 6. The van der Waals surface area contributed by atoms with Crippen LogP contribution in [0.25, 0.3) is 6.08 Å². The Hall–Kier alpha value is -3.62. The third-order valence-corrected chi connectivity index (χ3v) is 6.62. The Labute approximate surface area is 213 Å². The van der Waals surface area contributed by atoms with Crippen LogP contribution >= 0.6 is 24.0 Å². The standard InChI is InChI=1S/C27H24N2O4S2/c1-32-23-16-20(12-13-22(23)33-18-25(30)28-21-10-6-3-7-11-21)17-24-26(31)29(27(34)35-24)15-14-19-8-4-2-5-9-19/h2-13,16-17H,14-15,18H2,1H3,(H,28,30)/b24-17+. The van der Waals surface area contributed by atoms with Crippen LogP contribution in [0.3, 0.4) is 0 Å². The highest BCUT2D eigenvalue weighted by Gasteiger charge is 2.31. The zero-order valence-electron chi connectivity index (χ0n) is 19.1. The van der Waals surface area contributed by atoms with Crippen molar-refractivity contribution in [3.63, 3.8) is 0 Å². The molecule has 0 radical (unpaired) electrons. The van der Waals surface area contributed by atoms with Gasteiger partial charge in [0.05, 0.1) is 12.0 Å². The van der Waals surface area contributed by atoms with Crippen LogP contribution in [0.4, 0.5) is 5.69 Å². The van der Waals surface area contributed by atoms with Gasteiger partial charge in [-0.3, -0.25) is 14.5 Å². The third kappa shape index (κ3) is 6.49. The molecule has 1 aliphatic heterocycles. The van der Waals surface area contributed by atoms with E-state index in [4.69, 9.17) is 21.7 Å². The lowest BCUT2D eigenvalue weighted by Gasteiger charge is -2.14.